The predicted octanol–water partition coefficient (Wildman–Crippen LogP) is 3.47. The Hall–Kier alpha value is -0.0400. The maximum absolute atomic E-state index is 9.24. The van der Waals surface area contributed by atoms with E-state index in [2.05, 4.69) is 34.6 Å². The van der Waals surface area contributed by atoms with Crippen molar-refractivity contribution in [2.45, 2.75) is 60.5 Å². The molecule has 0 bridgehead atoms. The van der Waals surface area contributed by atoms with E-state index in [4.69, 9.17) is 0 Å². The Kier molecular flexibility index (Phi) is 4.98. The molecule has 0 aliphatic carbocycles. The smallest absolute Gasteiger partial charge is 0.0514 e. The Balaban J connectivity index is 3.85. The molecular formula is C12H26O. The Morgan fingerprint density at radius 2 is 1.46 bits per heavy atom. The molecule has 0 aromatic carbocycles. The van der Waals surface area contributed by atoms with Crippen LogP contribution in [0.5, 0.6) is 0 Å². The first-order valence-corrected chi connectivity index (χ1v) is 5.41. The van der Waals surface area contributed by atoms with Gasteiger partial charge in [0.1, 0.15) is 0 Å². The Morgan fingerprint density at radius 3 is 1.77 bits per heavy atom. The van der Waals surface area contributed by atoms with Crippen molar-refractivity contribution in [3.63, 3.8) is 0 Å². The molecule has 0 aliphatic heterocycles. The van der Waals surface area contributed by atoms with Gasteiger partial charge in [0.05, 0.1) is 6.10 Å². The molecule has 0 amide bonds. The lowest BCUT2D eigenvalue weighted by Gasteiger charge is -2.29. The number of hydrogen-bond donors (Lipinski definition) is 1. The summed E-state index contributed by atoms with van der Waals surface area (Å²) in [7, 11) is 0. The van der Waals surface area contributed by atoms with Crippen LogP contribution in [0.1, 0.15) is 54.4 Å². The molecule has 1 nitrogen and oxygen atoms in total. The van der Waals surface area contributed by atoms with E-state index in [-0.39, 0.29) is 6.10 Å². The highest BCUT2D eigenvalue weighted by molar-refractivity contribution is 4.72. The molecule has 3 unspecified atom stereocenters. The first-order chi connectivity index (χ1) is 5.73. The number of rotatable bonds is 4. The molecule has 0 rings (SSSR count). The highest BCUT2D eigenvalue weighted by Crippen LogP contribution is 2.31. The minimum absolute atomic E-state index is 0.151. The van der Waals surface area contributed by atoms with Crippen LogP contribution in [-0.2, 0) is 0 Å². The van der Waals surface area contributed by atoms with E-state index in [0.29, 0.717) is 11.3 Å². The maximum atomic E-state index is 9.24. The standard InChI is InChI=1S/C12H26O/c1-9(8-11(3)13)7-10(2)12(4,5)6/h9-11,13H,7-8H2,1-6H3. The van der Waals surface area contributed by atoms with Crippen molar-refractivity contribution in [2.24, 2.45) is 17.3 Å². The number of aliphatic hydroxyl groups excluding tert-OH is 1. The molecule has 0 saturated heterocycles. The van der Waals surface area contributed by atoms with Gasteiger partial charge in [-0.2, -0.15) is 0 Å². The zero-order chi connectivity index (χ0) is 10.6. The molecule has 0 fully saturated rings. The Labute approximate surface area is 83.5 Å². The molecule has 3 atom stereocenters. The predicted molar refractivity (Wildman–Crippen MR) is 58.7 cm³/mol. The summed E-state index contributed by atoms with van der Waals surface area (Å²) in [6.07, 6.45) is 2.00. The van der Waals surface area contributed by atoms with Crippen LogP contribution in [0.15, 0.2) is 0 Å². The first-order valence-electron chi connectivity index (χ1n) is 5.41. The van der Waals surface area contributed by atoms with Crippen LogP contribution in [0.3, 0.4) is 0 Å². The zero-order valence-corrected chi connectivity index (χ0v) is 10.1. The van der Waals surface area contributed by atoms with Crippen molar-refractivity contribution in [1.82, 2.24) is 0 Å². The molecule has 1 N–H and O–H groups in total. The highest BCUT2D eigenvalue weighted by Gasteiger charge is 2.22. The molecule has 0 spiro atoms. The maximum Gasteiger partial charge on any atom is 0.0514 e. The van der Waals surface area contributed by atoms with E-state index < -0.39 is 0 Å². The van der Waals surface area contributed by atoms with Gasteiger partial charge in [-0.3, -0.25) is 0 Å². The topological polar surface area (TPSA) is 20.2 Å². The van der Waals surface area contributed by atoms with Gasteiger partial charge in [-0.1, -0.05) is 34.6 Å². The summed E-state index contributed by atoms with van der Waals surface area (Å²) in [6, 6.07) is 0. The van der Waals surface area contributed by atoms with E-state index >= 15 is 0 Å². The molecule has 0 aromatic heterocycles. The monoisotopic (exact) mass is 186 g/mol. The lowest BCUT2D eigenvalue weighted by molar-refractivity contribution is 0.142. The Morgan fingerprint density at radius 1 is 1.00 bits per heavy atom. The lowest BCUT2D eigenvalue weighted by atomic mass is 9.76. The van der Waals surface area contributed by atoms with Crippen LogP contribution >= 0.6 is 0 Å². The van der Waals surface area contributed by atoms with E-state index in [1.807, 2.05) is 6.92 Å². The van der Waals surface area contributed by atoms with Crippen molar-refractivity contribution in [1.29, 1.82) is 0 Å². The fourth-order valence-electron chi connectivity index (χ4n) is 1.64. The second kappa shape index (κ2) is 4.99. The minimum atomic E-state index is -0.151. The van der Waals surface area contributed by atoms with Gasteiger partial charge in [-0.15, -0.1) is 0 Å². The Bertz CT molecular complexity index is 133. The molecule has 1 heteroatoms. The molecule has 13 heavy (non-hydrogen) atoms. The number of hydrogen-bond acceptors (Lipinski definition) is 1. The van der Waals surface area contributed by atoms with Crippen LogP contribution < -0.4 is 0 Å². The lowest BCUT2D eigenvalue weighted by Crippen LogP contribution is -2.21. The SMILES string of the molecule is CC(O)CC(C)CC(C)C(C)(C)C. The normalized spacial score (nSPS) is 19.6. The van der Waals surface area contributed by atoms with E-state index in [9.17, 15) is 5.11 Å². The summed E-state index contributed by atoms with van der Waals surface area (Å²) in [5, 5.41) is 9.24. The van der Waals surface area contributed by atoms with Gasteiger partial charge in [-0.25, -0.2) is 0 Å². The van der Waals surface area contributed by atoms with E-state index in [0.717, 1.165) is 12.3 Å². The van der Waals surface area contributed by atoms with Gasteiger partial charge in [0, 0.05) is 0 Å². The van der Waals surface area contributed by atoms with Crippen molar-refractivity contribution in [2.75, 3.05) is 0 Å². The summed E-state index contributed by atoms with van der Waals surface area (Å²) in [5.74, 6) is 1.36. The van der Waals surface area contributed by atoms with Crippen LogP contribution in [0, 0.1) is 17.3 Å². The van der Waals surface area contributed by atoms with E-state index in [1.165, 1.54) is 6.42 Å². The molecule has 80 valence electrons. The van der Waals surface area contributed by atoms with Crippen molar-refractivity contribution in [3.8, 4) is 0 Å². The van der Waals surface area contributed by atoms with Gasteiger partial charge in [0.15, 0.2) is 0 Å². The van der Waals surface area contributed by atoms with Gasteiger partial charge in [-0.05, 0) is 37.0 Å². The van der Waals surface area contributed by atoms with Crippen LogP contribution in [-0.4, -0.2) is 11.2 Å². The highest BCUT2D eigenvalue weighted by atomic mass is 16.3. The van der Waals surface area contributed by atoms with Crippen LogP contribution in [0.25, 0.3) is 0 Å². The van der Waals surface area contributed by atoms with E-state index in [1.54, 1.807) is 0 Å². The third-order valence-electron chi connectivity index (χ3n) is 2.98. The quantitative estimate of drug-likeness (QED) is 0.713. The fraction of sp³-hybridized carbons (Fsp3) is 1.00. The van der Waals surface area contributed by atoms with Crippen molar-refractivity contribution >= 4 is 0 Å². The average molecular weight is 186 g/mol. The minimum Gasteiger partial charge on any atom is -0.393 e. The average Bonchev–Trinajstić information content (AvgIpc) is 1.82. The molecule has 0 aliphatic rings. The molecule has 0 heterocycles. The van der Waals surface area contributed by atoms with Crippen molar-refractivity contribution < 1.29 is 5.11 Å². The summed E-state index contributed by atoms with van der Waals surface area (Å²) in [4.78, 5) is 0. The molecule has 0 aromatic rings. The van der Waals surface area contributed by atoms with Gasteiger partial charge in [0.2, 0.25) is 0 Å². The first kappa shape index (κ1) is 13.0. The second-order valence-electron chi connectivity index (χ2n) is 5.69. The third-order valence-corrected chi connectivity index (χ3v) is 2.98. The summed E-state index contributed by atoms with van der Waals surface area (Å²) >= 11 is 0. The molecule has 0 radical (unpaired) electrons. The number of aliphatic hydroxyl groups is 1. The summed E-state index contributed by atoms with van der Waals surface area (Å²) < 4.78 is 0. The molecular weight excluding hydrogens is 160 g/mol. The third kappa shape index (κ3) is 6.09. The van der Waals surface area contributed by atoms with Gasteiger partial charge < -0.3 is 5.11 Å². The van der Waals surface area contributed by atoms with Gasteiger partial charge >= 0.3 is 0 Å². The van der Waals surface area contributed by atoms with Crippen LogP contribution in [0.2, 0.25) is 0 Å². The molecule has 0 saturated carbocycles. The second-order valence-corrected chi connectivity index (χ2v) is 5.69. The zero-order valence-electron chi connectivity index (χ0n) is 10.1. The fourth-order valence-corrected chi connectivity index (χ4v) is 1.64. The van der Waals surface area contributed by atoms with Gasteiger partial charge in [0.25, 0.3) is 0 Å². The summed E-state index contributed by atoms with van der Waals surface area (Å²) in [5.41, 5.74) is 0.396. The van der Waals surface area contributed by atoms with Crippen molar-refractivity contribution in [3.05, 3.63) is 0 Å². The summed E-state index contributed by atoms with van der Waals surface area (Å²) in [6.45, 7) is 13.3. The van der Waals surface area contributed by atoms with Crippen LogP contribution in [0.4, 0.5) is 0 Å². The largest absolute Gasteiger partial charge is 0.393 e.